The van der Waals surface area contributed by atoms with E-state index in [4.69, 9.17) is 10.00 Å². The van der Waals surface area contributed by atoms with Gasteiger partial charge in [-0.1, -0.05) is 26.0 Å². The molecule has 0 fully saturated rings. The lowest BCUT2D eigenvalue weighted by molar-refractivity contribution is -0.143. The number of hydrogen-bond acceptors (Lipinski definition) is 4. The molecule has 26 heavy (non-hydrogen) atoms. The minimum absolute atomic E-state index is 0.171. The Morgan fingerprint density at radius 1 is 1.19 bits per heavy atom. The topological polar surface area (TPSA) is 67.9 Å². The van der Waals surface area contributed by atoms with Gasteiger partial charge in [0.2, 0.25) is 0 Å². The van der Waals surface area contributed by atoms with Crippen molar-refractivity contribution in [3.63, 3.8) is 0 Å². The van der Waals surface area contributed by atoms with E-state index in [2.05, 4.69) is 34.7 Å². The number of aryl methyl sites for hydroxylation is 1. The normalized spacial score (nSPS) is 10.7. The zero-order valence-electron chi connectivity index (χ0n) is 15.0. The molecule has 0 saturated heterocycles. The lowest BCUT2D eigenvalue weighted by Crippen LogP contribution is -2.06. The van der Waals surface area contributed by atoms with Crippen molar-refractivity contribution >= 4 is 17.0 Å². The Bertz CT molecular complexity index is 965. The van der Waals surface area contributed by atoms with Crippen molar-refractivity contribution in [2.24, 2.45) is 0 Å². The number of ether oxygens (including phenoxy) is 1. The van der Waals surface area contributed by atoms with Crippen LogP contribution in [0.4, 0.5) is 0 Å². The fraction of sp³-hybridized carbons (Fsp3) is 0.286. The van der Waals surface area contributed by atoms with Crippen LogP contribution in [0, 0.1) is 11.3 Å². The van der Waals surface area contributed by atoms with Crippen molar-refractivity contribution in [1.82, 2.24) is 9.55 Å². The molecule has 0 saturated carbocycles. The summed E-state index contributed by atoms with van der Waals surface area (Å²) in [6.07, 6.45) is 1.90. The number of carbonyl (C=O) groups excluding carboxylic acids is 1. The minimum atomic E-state index is -0.171. The van der Waals surface area contributed by atoms with E-state index in [1.807, 2.05) is 30.3 Å². The Kier molecular flexibility index (Phi) is 5.33. The smallest absolute Gasteiger partial charge is 0.305 e. The molecule has 132 valence electrons. The molecule has 0 unspecified atom stereocenters. The van der Waals surface area contributed by atoms with E-state index < -0.39 is 0 Å². The van der Waals surface area contributed by atoms with Crippen LogP contribution in [0.25, 0.3) is 16.7 Å². The second-order valence-electron chi connectivity index (χ2n) is 6.02. The number of benzene rings is 2. The average Bonchev–Trinajstić information content (AvgIpc) is 3.06. The van der Waals surface area contributed by atoms with E-state index >= 15 is 0 Å². The number of hydrogen-bond donors (Lipinski definition) is 0. The highest BCUT2D eigenvalue weighted by molar-refractivity contribution is 5.80. The lowest BCUT2D eigenvalue weighted by Gasteiger charge is -2.10. The summed E-state index contributed by atoms with van der Waals surface area (Å²) < 4.78 is 7.26. The fourth-order valence-corrected chi connectivity index (χ4v) is 2.92. The van der Waals surface area contributed by atoms with E-state index in [9.17, 15) is 4.79 Å². The first-order chi connectivity index (χ1) is 12.7. The van der Waals surface area contributed by atoms with Gasteiger partial charge in [-0.05, 0) is 35.9 Å². The van der Waals surface area contributed by atoms with E-state index in [1.165, 1.54) is 0 Å². The number of imidazole rings is 1. The van der Waals surface area contributed by atoms with Crippen molar-refractivity contribution in [2.75, 3.05) is 6.61 Å². The Labute approximate surface area is 152 Å². The molecule has 0 radical (unpaired) electrons. The van der Waals surface area contributed by atoms with Gasteiger partial charge in [0.1, 0.15) is 5.82 Å². The number of esters is 1. The number of fused-ring (bicyclic) bond motifs is 1. The van der Waals surface area contributed by atoms with E-state index in [-0.39, 0.29) is 5.97 Å². The summed E-state index contributed by atoms with van der Waals surface area (Å²) >= 11 is 0. The van der Waals surface area contributed by atoms with Crippen molar-refractivity contribution in [3.05, 3.63) is 59.4 Å². The first kappa shape index (κ1) is 17.7. The van der Waals surface area contributed by atoms with Crippen LogP contribution in [-0.2, 0) is 22.4 Å². The van der Waals surface area contributed by atoms with Gasteiger partial charge >= 0.3 is 5.97 Å². The van der Waals surface area contributed by atoms with Crippen LogP contribution in [0.15, 0.2) is 42.5 Å². The summed E-state index contributed by atoms with van der Waals surface area (Å²) in [4.78, 5) is 15.9. The van der Waals surface area contributed by atoms with E-state index in [1.54, 1.807) is 6.92 Å². The quantitative estimate of drug-likeness (QED) is 0.633. The zero-order chi connectivity index (χ0) is 18.5. The van der Waals surface area contributed by atoms with Gasteiger partial charge in [-0.25, -0.2) is 4.98 Å². The molecule has 2 aromatic carbocycles. The summed E-state index contributed by atoms with van der Waals surface area (Å²) in [7, 11) is 0. The van der Waals surface area contributed by atoms with Crippen LogP contribution in [-0.4, -0.2) is 22.1 Å². The summed E-state index contributed by atoms with van der Waals surface area (Å²) in [5, 5.41) is 9.08. The summed E-state index contributed by atoms with van der Waals surface area (Å²) in [5.74, 6) is 0.788. The third-order valence-electron chi connectivity index (χ3n) is 4.31. The lowest BCUT2D eigenvalue weighted by atomic mass is 10.1. The van der Waals surface area contributed by atoms with Gasteiger partial charge in [-0.3, -0.25) is 9.36 Å². The number of aromatic nitrogens is 2. The summed E-state index contributed by atoms with van der Waals surface area (Å²) in [5.41, 5.74) is 4.58. The minimum Gasteiger partial charge on any atom is -0.465 e. The molecule has 3 rings (SSSR count). The Morgan fingerprint density at radius 2 is 1.96 bits per heavy atom. The molecule has 3 aromatic rings. The maximum atomic E-state index is 11.2. The van der Waals surface area contributed by atoms with Crippen LogP contribution in [0.3, 0.4) is 0 Å². The van der Waals surface area contributed by atoms with Crippen LogP contribution in [0.1, 0.15) is 37.2 Å². The zero-order valence-corrected chi connectivity index (χ0v) is 15.0. The van der Waals surface area contributed by atoms with Gasteiger partial charge in [0.25, 0.3) is 0 Å². The molecule has 0 aliphatic carbocycles. The standard InChI is InChI=1S/C21H21N3O2/c1-3-20-23-18-13-16(14-22)7-10-19(18)24(20)17-8-5-15(6-9-17)11-12-26-21(25)4-2/h5-10,13H,3-4,11-12H2,1-2H3. The molecule has 0 aliphatic heterocycles. The fourth-order valence-electron chi connectivity index (χ4n) is 2.92. The molecule has 0 spiro atoms. The van der Waals surface area contributed by atoms with Gasteiger partial charge in [0, 0.05) is 24.9 Å². The second kappa shape index (κ2) is 7.83. The van der Waals surface area contributed by atoms with Crippen LogP contribution >= 0.6 is 0 Å². The number of nitriles is 1. The molecule has 0 aliphatic rings. The van der Waals surface area contributed by atoms with Crippen LogP contribution in [0.2, 0.25) is 0 Å². The van der Waals surface area contributed by atoms with Gasteiger partial charge in [0.15, 0.2) is 0 Å². The predicted octanol–water partition coefficient (Wildman–Crippen LogP) is 3.96. The molecule has 1 heterocycles. The maximum Gasteiger partial charge on any atom is 0.305 e. The van der Waals surface area contributed by atoms with Gasteiger partial charge in [-0.2, -0.15) is 5.26 Å². The first-order valence-corrected chi connectivity index (χ1v) is 8.82. The number of nitrogens with zero attached hydrogens (tertiary/aromatic N) is 3. The van der Waals surface area contributed by atoms with Crippen LogP contribution in [0.5, 0.6) is 0 Å². The van der Waals surface area contributed by atoms with Crippen molar-refractivity contribution < 1.29 is 9.53 Å². The van der Waals surface area contributed by atoms with Crippen LogP contribution < -0.4 is 0 Å². The SMILES string of the molecule is CCC(=O)OCCc1ccc(-n2c(CC)nc3cc(C#N)ccc32)cc1. The first-order valence-electron chi connectivity index (χ1n) is 8.82. The molecule has 0 atom stereocenters. The predicted molar refractivity (Wildman–Crippen MR) is 100 cm³/mol. The molecule has 5 nitrogen and oxygen atoms in total. The van der Waals surface area contributed by atoms with Gasteiger partial charge in [0.05, 0.1) is 29.3 Å². The van der Waals surface area contributed by atoms with Crippen molar-refractivity contribution in [3.8, 4) is 11.8 Å². The Hall–Kier alpha value is -3.13. The highest BCUT2D eigenvalue weighted by Gasteiger charge is 2.12. The molecule has 0 bridgehead atoms. The second-order valence-corrected chi connectivity index (χ2v) is 6.02. The monoisotopic (exact) mass is 347 g/mol. The summed E-state index contributed by atoms with van der Waals surface area (Å²) in [6.45, 7) is 4.26. The average molecular weight is 347 g/mol. The van der Waals surface area contributed by atoms with Crippen molar-refractivity contribution in [1.29, 1.82) is 5.26 Å². The number of carbonyl (C=O) groups is 1. The molecular formula is C21H21N3O2. The number of rotatable bonds is 6. The summed E-state index contributed by atoms with van der Waals surface area (Å²) in [6, 6.07) is 15.9. The van der Waals surface area contributed by atoms with E-state index in [0.717, 1.165) is 34.5 Å². The molecule has 5 heteroatoms. The third kappa shape index (κ3) is 3.60. The maximum absolute atomic E-state index is 11.2. The highest BCUT2D eigenvalue weighted by Crippen LogP contribution is 2.23. The highest BCUT2D eigenvalue weighted by atomic mass is 16.5. The van der Waals surface area contributed by atoms with Crippen molar-refractivity contribution in [2.45, 2.75) is 33.1 Å². The Morgan fingerprint density at radius 3 is 2.62 bits per heavy atom. The molecule has 0 N–H and O–H groups in total. The molecule has 0 amide bonds. The van der Waals surface area contributed by atoms with Gasteiger partial charge in [-0.15, -0.1) is 0 Å². The largest absolute Gasteiger partial charge is 0.465 e. The van der Waals surface area contributed by atoms with Gasteiger partial charge < -0.3 is 4.74 Å². The van der Waals surface area contributed by atoms with E-state index in [0.29, 0.717) is 25.0 Å². The Balaban J connectivity index is 1.87. The third-order valence-corrected chi connectivity index (χ3v) is 4.31. The molecular weight excluding hydrogens is 326 g/mol. The molecule has 1 aromatic heterocycles.